The lowest BCUT2D eigenvalue weighted by Crippen LogP contribution is -2.04. The van der Waals surface area contributed by atoms with Crippen LogP contribution in [0, 0.1) is 0 Å². The van der Waals surface area contributed by atoms with Crippen LogP contribution in [0.15, 0.2) is 212 Å². The second-order valence-electron chi connectivity index (χ2n) is 15.3. The molecule has 3 aromatic heterocycles. The van der Waals surface area contributed by atoms with Gasteiger partial charge in [-0.1, -0.05) is 188 Å². The molecule has 60 heavy (non-hydrogen) atoms. The molecule has 0 unspecified atom stereocenters. The Hall–Kier alpha value is -7.66. The van der Waals surface area contributed by atoms with Crippen LogP contribution >= 0.6 is 11.3 Å². The lowest BCUT2D eigenvalue weighted by atomic mass is 9.92. The molecular weight excluding hydrogens is 747 g/mol. The van der Waals surface area contributed by atoms with Gasteiger partial charge < -0.3 is 0 Å². The van der Waals surface area contributed by atoms with Gasteiger partial charge in [-0.2, -0.15) is 0 Å². The van der Waals surface area contributed by atoms with Crippen LogP contribution in [0.1, 0.15) is 0 Å². The van der Waals surface area contributed by atoms with E-state index in [4.69, 9.17) is 9.97 Å². The average Bonchev–Trinajstić information content (AvgIpc) is 3.88. The number of fused-ring (bicyclic) bond motifs is 8. The van der Waals surface area contributed by atoms with E-state index in [0.717, 1.165) is 33.5 Å². The fourth-order valence-electron chi connectivity index (χ4n) is 9.05. The third-order valence-electron chi connectivity index (χ3n) is 11.8. The molecule has 0 amide bonds. The number of aromatic nitrogens is 3. The molecule has 0 spiro atoms. The van der Waals surface area contributed by atoms with Gasteiger partial charge in [-0.3, -0.25) is 4.57 Å². The summed E-state index contributed by atoms with van der Waals surface area (Å²) in [5.41, 5.74) is 13.2. The Labute approximate surface area is 351 Å². The van der Waals surface area contributed by atoms with Crippen molar-refractivity contribution in [2.45, 2.75) is 0 Å². The summed E-state index contributed by atoms with van der Waals surface area (Å²) in [7, 11) is 0. The third-order valence-corrected chi connectivity index (χ3v) is 13.1. The summed E-state index contributed by atoms with van der Waals surface area (Å²) >= 11 is 1.90. The van der Waals surface area contributed by atoms with Crippen LogP contribution in [0.4, 0.5) is 0 Å². The normalized spacial score (nSPS) is 11.7. The number of rotatable bonds is 6. The summed E-state index contributed by atoms with van der Waals surface area (Å²) < 4.78 is 4.85. The van der Waals surface area contributed by atoms with E-state index in [0.29, 0.717) is 5.95 Å². The maximum atomic E-state index is 5.44. The zero-order chi connectivity index (χ0) is 39.6. The van der Waals surface area contributed by atoms with Crippen LogP contribution in [0.2, 0.25) is 0 Å². The number of nitrogens with zero attached hydrogens (tertiary/aromatic N) is 3. The van der Waals surface area contributed by atoms with Gasteiger partial charge in [0.15, 0.2) is 0 Å². The quantitative estimate of drug-likeness (QED) is 0.168. The summed E-state index contributed by atoms with van der Waals surface area (Å²) in [5.74, 6) is 0.636. The van der Waals surface area contributed by atoms with Gasteiger partial charge in [0.05, 0.1) is 22.4 Å². The minimum Gasteiger partial charge on any atom is -0.278 e. The Kier molecular flexibility index (Phi) is 8.03. The van der Waals surface area contributed by atoms with Gasteiger partial charge in [0, 0.05) is 42.1 Å². The van der Waals surface area contributed by atoms with Gasteiger partial charge in [-0.05, 0) is 68.4 Å². The van der Waals surface area contributed by atoms with Crippen LogP contribution in [0.5, 0.6) is 0 Å². The standard InChI is InChI=1S/C56H35N3S/c1-5-17-36(18-6-1)41-31-32-50-47(33-41)53-51(59(50)56-57-48(39-22-9-3-10-23-39)35-49(58-56)40-24-11-4-12-25-40)34-46(44-29-15-26-37-21-13-14-27-42(37)44)52-45-30-16-28-43(54(45)60-55(52)53)38-19-7-2-8-20-38/h1-35H. The van der Waals surface area contributed by atoms with E-state index in [9.17, 15) is 0 Å². The molecule has 0 aliphatic rings. The van der Waals surface area contributed by atoms with E-state index in [1.165, 1.54) is 75.1 Å². The molecule has 0 fully saturated rings. The second kappa shape index (κ2) is 14.0. The van der Waals surface area contributed by atoms with Crippen LogP contribution in [0.3, 0.4) is 0 Å². The minimum absolute atomic E-state index is 0.636. The topological polar surface area (TPSA) is 30.7 Å². The minimum atomic E-state index is 0.636. The highest BCUT2D eigenvalue weighted by Crippen LogP contribution is 2.51. The SMILES string of the molecule is c1ccc(-c2ccc3c(c2)c2c4sc5c(-c6ccccc6)cccc5c4c(-c4cccc5ccccc45)cc2n3-c2nc(-c3ccccc3)cc(-c3ccccc3)n2)cc1. The molecule has 0 saturated carbocycles. The van der Waals surface area contributed by atoms with Crippen molar-refractivity contribution in [3.63, 3.8) is 0 Å². The Balaban J connectivity index is 1.27. The molecule has 3 nitrogen and oxygen atoms in total. The summed E-state index contributed by atoms with van der Waals surface area (Å²) in [5, 5.41) is 7.34. The first-order chi connectivity index (χ1) is 29.8. The van der Waals surface area contributed by atoms with Crippen molar-refractivity contribution in [1.29, 1.82) is 0 Å². The number of thiophene rings is 1. The van der Waals surface area contributed by atoms with Crippen LogP contribution < -0.4 is 0 Å². The van der Waals surface area contributed by atoms with Crippen molar-refractivity contribution >= 4 is 64.1 Å². The molecule has 280 valence electrons. The number of hydrogen-bond donors (Lipinski definition) is 0. The van der Waals surface area contributed by atoms with Crippen LogP contribution in [-0.4, -0.2) is 14.5 Å². The average molecular weight is 782 g/mol. The molecule has 3 heterocycles. The first-order valence-corrected chi connectivity index (χ1v) is 21.1. The van der Waals surface area contributed by atoms with E-state index < -0.39 is 0 Å². The van der Waals surface area contributed by atoms with Gasteiger partial charge in [-0.15, -0.1) is 11.3 Å². The number of benzene rings is 9. The first kappa shape index (κ1) is 34.4. The molecule has 0 aliphatic heterocycles. The second-order valence-corrected chi connectivity index (χ2v) is 16.3. The largest absolute Gasteiger partial charge is 0.278 e. The highest BCUT2D eigenvalue weighted by Gasteiger charge is 2.25. The molecule has 0 bridgehead atoms. The molecule has 0 radical (unpaired) electrons. The van der Waals surface area contributed by atoms with E-state index in [-0.39, 0.29) is 0 Å². The van der Waals surface area contributed by atoms with Crippen molar-refractivity contribution in [2.24, 2.45) is 0 Å². The van der Waals surface area contributed by atoms with E-state index in [1.54, 1.807) is 0 Å². The zero-order valence-corrected chi connectivity index (χ0v) is 33.3. The van der Waals surface area contributed by atoms with Gasteiger partial charge in [0.1, 0.15) is 0 Å². The first-order valence-electron chi connectivity index (χ1n) is 20.3. The predicted octanol–water partition coefficient (Wildman–Crippen LogP) is 15.4. The van der Waals surface area contributed by atoms with Gasteiger partial charge in [0.2, 0.25) is 5.95 Å². The fourth-order valence-corrected chi connectivity index (χ4v) is 10.5. The number of hydrogen-bond acceptors (Lipinski definition) is 3. The summed E-state index contributed by atoms with van der Waals surface area (Å²) in [6, 6.07) is 76.1. The molecule has 0 aliphatic carbocycles. The van der Waals surface area contributed by atoms with E-state index in [1.807, 2.05) is 11.3 Å². The molecule has 0 saturated heterocycles. The molecule has 12 rings (SSSR count). The van der Waals surface area contributed by atoms with Gasteiger partial charge >= 0.3 is 0 Å². The molecule has 0 N–H and O–H groups in total. The lowest BCUT2D eigenvalue weighted by Gasteiger charge is -2.14. The maximum Gasteiger partial charge on any atom is 0.235 e. The Morgan fingerprint density at radius 1 is 0.333 bits per heavy atom. The smallest absolute Gasteiger partial charge is 0.235 e. The fraction of sp³-hybridized carbons (Fsp3) is 0. The third kappa shape index (κ3) is 5.57. The molecular formula is C56H35N3S. The Morgan fingerprint density at radius 2 is 0.900 bits per heavy atom. The van der Waals surface area contributed by atoms with Crippen molar-refractivity contribution in [2.75, 3.05) is 0 Å². The molecule has 4 heteroatoms. The van der Waals surface area contributed by atoms with Gasteiger partial charge in [-0.25, -0.2) is 9.97 Å². The van der Waals surface area contributed by atoms with Crippen molar-refractivity contribution in [1.82, 2.24) is 14.5 Å². The van der Waals surface area contributed by atoms with Crippen molar-refractivity contribution in [3.8, 4) is 61.8 Å². The van der Waals surface area contributed by atoms with Crippen LogP contribution in [0.25, 0.3) is 115 Å². The molecule has 9 aromatic carbocycles. The van der Waals surface area contributed by atoms with E-state index >= 15 is 0 Å². The monoisotopic (exact) mass is 781 g/mol. The Morgan fingerprint density at radius 3 is 1.60 bits per heavy atom. The zero-order valence-electron chi connectivity index (χ0n) is 32.5. The van der Waals surface area contributed by atoms with E-state index in [2.05, 4.69) is 217 Å². The lowest BCUT2D eigenvalue weighted by molar-refractivity contribution is 0.996. The van der Waals surface area contributed by atoms with Gasteiger partial charge in [0.25, 0.3) is 0 Å². The summed E-state index contributed by atoms with van der Waals surface area (Å²) in [4.78, 5) is 10.9. The Bertz CT molecular complexity index is 3510. The summed E-state index contributed by atoms with van der Waals surface area (Å²) in [6.07, 6.45) is 0. The molecule has 12 aromatic rings. The highest BCUT2D eigenvalue weighted by atomic mass is 32.1. The molecule has 0 atom stereocenters. The summed E-state index contributed by atoms with van der Waals surface area (Å²) in [6.45, 7) is 0. The predicted molar refractivity (Wildman–Crippen MR) is 254 cm³/mol. The van der Waals surface area contributed by atoms with Crippen molar-refractivity contribution in [3.05, 3.63) is 212 Å². The highest BCUT2D eigenvalue weighted by molar-refractivity contribution is 7.27. The van der Waals surface area contributed by atoms with Crippen molar-refractivity contribution < 1.29 is 0 Å². The maximum absolute atomic E-state index is 5.44. The van der Waals surface area contributed by atoms with Crippen LogP contribution in [-0.2, 0) is 0 Å².